The first-order valence-corrected chi connectivity index (χ1v) is 22.7. The number of imidazole rings is 1. The van der Waals surface area contributed by atoms with Gasteiger partial charge in [-0.1, -0.05) is 25.0 Å². The number of para-hydroxylation sites is 1. The minimum Gasteiger partial charge on any atom is -0.444 e. The standard InChI is InChI=1S/C46H56F2N10O6/c1-55-41-30(4-2-6-37(41)58(46(55)62)38-15-16-39(59)53-44(38)61)5-3-19-56-20-21-63-34(25-56)24-49-23-29-10-13-33(14-11-29)57-26-35(40(54-57)42(47)48)51-43(60)36-27-64-45(52-36)31-17-18-50-32(22-31)12-9-28-7-8-28/h2,4,6,17-18,22,26-29,33-34,38,42,49H,3,5,7-16,19-21,23-25H2,1H3,(H,51,60)(H,53,59,61)/t29?,33?,34-,38?/m1/s1. The molecule has 64 heavy (non-hydrogen) atoms. The highest BCUT2D eigenvalue weighted by Crippen LogP contribution is 2.36. The third kappa shape index (κ3) is 9.88. The van der Waals surface area contributed by atoms with Crippen molar-refractivity contribution in [1.82, 2.24) is 44.4 Å². The van der Waals surface area contributed by atoms with Gasteiger partial charge in [0.1, 0.15) is 12.3 Å². The molecular formula is C46H56F2N10O6. The predicted molar refractivity (Wildman–Crippen MR) is 233 cm³/mol. The number of piperidine rings is 1. The van der Waals surface area contributed by atoms with Crippen LogP contribution in [0.1, 0.15) is 110 Å². The number of imide groups is 1. The van der Waals surface area contributed by atoms with E-state index in [1.807, 2.05) is 24.3 Å². The molecule has 2 atom stereocenters. The van der Waals surface area contributed by atoms with Gasteiger partial charge in [0.15, 0.2) is 11.4 Å². The van der Waals surface area contributed by atoms with Gasteiger partial charge in [0, 0.05) is 56.8 Å². The van der Waals surface area contributed by atoms with Crippen LogP contribution in [-0.4, -0.2) is 96.9 Å². The number of amides is 3. The highest BCUT2D eigenvalue weighted by molar-refractivity contribution is 6.03. The van der Waals surface area contributed by atoms with Crippen LogP contribution >= 0.6 is 0 Å². The number of ether oxygens (including phenoxy) is 1. The zero-order chi connectivity index (χ0) is 44.3. The van der Waals surface area contributed by atoms with Gasteiger partial charge in [-0.25, -0.2) is 18.6 Å². The average Bonchev–Trinajstić information content (AvgIpc) is 3.70. The van der Waals surface area contributed by atoms with Crippen molar-refractivity contribution < 1.29 is 32.3 Å². The van der Waals surface area contributed by atoms with Crippen LogP contribution in [0.3, 0.4) is 0 Å². The number of anilines is 1. The van der Waals surface area contributed by atoms with Gasteiger partial charge in [-0.05, 0) is 106 Å². The van der Waals surface area contributed by atoms with Gasteiger partial charge in [0.25, 0.3) is 12.3 Å². The lowest BCUT2D eigenvalue weighted by Gasteiger charge is -2.34. The fourth-order valence-corrected chi connectivity index (χ4v) is 9.67. The van der Waals surface area contributed by atoms with E-state index < -0.39 is 30.0 Å². The van der Waals surface area contributed by atoms with Crippen LogP contribution in [-0.2, 0) is 34.2 Å². The van der Waals surface area contributed by atoms with Crippen LogP contribution in [0.5, 0.6) is 0 Å². The minimum absolute atomic E-state index is 0.0138. The predicted octanol–water partition coefficient (Wildman–Crippen LogP) is 5.75. The van der Waals surface area contributed by atoms with Crippen molar-refractivity contribution in [2.75, 3.05) is 44.6 Å². The maximum atomic E-state index is 14.2. The molecule has 3 N–H and O–H groups in total. The molecule has 4 aromatic heterocycles. The zero-order valence-corrected chi connectivity index (χ0v) is 36.1. The Balaban J connectivity index is 0.718. The summed E-state index contributed by atoms with van der Waals surface area (Å²) in [4.78, 5) is 62.1. The molecule has 4 aliphatic rings. The van der Waals surface area contributed by atoms with E-state index in [0.717, 1.165) is 107 Å². The van der Waals surface area contributed by atoms with Gasteiger partial charge in [0.05, 0.1) is 35.5 Å². The van der Waals surface area contributed by atoms with Crippen LogP contribution in [0, 0.1) is 11.8 Å². The summed E-state index contributed by atoms with van der Waals surface area (Å²) in [6, 6.07) is 8.73. The van der Waals surface area contributed by atoms with Crippen LogP contribution in [0.25, 0.3) is 22.5 Å². The van der Waals surface area contributed by atoms with Gasteiger partial charge in [-0.3, -0.25) is 43.4 Å². The van der Waals surface area contributed by atoms with E-state index in [-0.39, 0.29) is 47.4 Å². The average molecular weight is 883 g/mol. The van der Waals surface area contributed by atoms with Gasteiger partial charge >= 0.3 is 5.69 Å². The van der Waals surface area contributed by atoms with Gasteiger partial charge < -0.3 is 19.8 Å². The second kappa shape index (κ2) is 19.3. The lowest BCUT2D eigenvalue weighted by molar-refractivity contribution is -0.135. The monoisotopic (exact) mass is 882 g/mol. The molecule has 0 spiro atoms. The molecule has 2 saturated carbocycles. The molecule has 4 fully saturated rings. The summed E-state index contributed by atoms with van der Waals surface area (Å²) < 4.78 is 44.8. The fraction of sp³-hybridized carbons (Fsp3) is 0.543. The van der Waals surface area contributed by atoms with E-state index in [2.05, 4.69) is 35.9 Å². The zero-order valence-electron chi connectivity index (χ0n) is 36.1. The molecule has 18 heteroatoms. The molecule has 9 rings (SSSR count). The van der Waals surface area contributed by atoms with Crippen molar-refractivity contribution in [3.8, 4) is 11.5 Å². The van der Waals surface area contributed by atoms with Crippen molar-refractivity contribution in [1.29, 1.82) is 0 Å². The van der Waals surface area contributed by atoms with Crippen LogP contribution < -0.4 is 21.6 Å². The number of halogens is 2. The molecule has 6 heterocycles. The molecule has 0 radical (unpaired) electrons. The molecule has 0 bridgehead atoms. The number of carbonyl (C=O) groups excluding carboxylic acids is 3. The number of nitrogens with one attached hydrogen (secondary N) is 3. The Hall–Kier alpha value is -5.59. The number of benzene rings is 1. The summed E-state index contributed by atoms with van der Waals surface area (Å²) in [5.74, 6) is 0.0730. The highest BCUT2D eigenvalue weighted by Gasteiger charge is 2.32. The summed E-state index contributed by atoms with van der Waals surface area (Å²) in [6.45, 7) is 4.73. The Morgan fingerprint density at radius 3 is 2.64 bits per heavy atom. The Kier molecular flexibility index (Phi) is 13.1. The number of morpholine rings is 1. The number of nitrogens with zero attached hydrogens (tertiary/aromatic N) is 7. The summed E-state index contributed by atoms with van der Waals surface area (Å²) in [7, 11) is 1.73. The molecule has 1 unspecified atom stereocenters. The molecule has 3 amide bonds. The number of aromatic nitrogens is 6. The Bertz CT molecular complexity index is 2540. The van der Waals surface area contributed by atoms with E-state index in [4.69, 9.17) is 9.15 Å². The summed E-state index contributed by atoms with van der Waals surface area (Å²) in [6.07, 6.45) is 11.7. The number of rotatable bonds is 17. The first-order valence-electron chi connectivity index (χ1n) is 22.7. The van der Waals surface area contributed by atoms with Crippen LogP contribution in [0.2, 0.25) is 0 Å². The van der Waals surface area contributed by atoms with Gasteiger partial charge in [-0.2, -0.15) is 5.10 Å². The maximum Gasteiger partial charge on any atom is 0.329 e. The summed E-state index contributed by atoms with van der Waals surface area (Å²) in [5.41, 5.74) is 3.42. The van der Waals surface area contributed by atoms with E-state index in [1.165, 1.54) is 29.9 Å². The maximum absolute atomic E-state index is 14.2. The topological polar surface area (TPSA) is 183 Å². The Morgan fingerprint density at radius 2 is 1.84 bits per heavy atom. The van der Waals surface area contributed by atoms with Crippen molar-refractivity contribution in [3.05, 3.63) is 82.1 Å². The molecule has 1 aromatic carbocycles. The van der Waals surface area contributed by atoms with Crippen LogP contribution in [0.4, 0.5) is 14.5 Å². The van der Waals surface area contributed by atoms with Crippen molar-refractivity contribution in [2.45, 2.75) is 102 Å². The van der Waals surface area contributed by atoms with Gasteiger partial charge in [-0.15, -0.1) is 0 Å². The summed E-state index contributed by atoms with van der Waals surface area (Å²) >= 11 is 0. The Labute approximate surface area is 369 Å². The van der Waals surface area contributed by atoms with Crippen LogP contribution in [0.15, 0.2) is 58.2 Å². The number of fused-ring (bicyclic) bond motifs is 1. The molecule has 2 aliphatic carbocycles. The molecule has 16 nitrogen and oxygen atoms in total. The third-order valence-electron chi connectivity index (χ3n) is 13.4. The number of pyridine rings is 1. The van der Waals surface area contributed by atoms with E-state index >= 15 is 0 Å². The normalized spacial score (nSPS) is 22.1. The first kappa shape index (κ1) is 43.7. The van der Waals surface area contributed by atoms with Gasteiger partial charge in [0.2, 0.25) is 17.7 Å². The molecule has 340 valence electrons. The molecule has 5 aromatic rings. The van der Waals surface area contributed by atoms with E-state index in [1.54, 1.807) is 28.6 Å². The largest absolute Gasteiger partial charge is 0.444 e. The van der Waals surface area contributed by atoms with E-state index in [0.29, 0.717) is 30.0 Å². The molecule has 2 saturated heterocycles. The second-order valence-electron chi connectivity index (χ2n) is 17.9. The summed E-state index contributed by atoms with van der Waals surface area (Å²) in [5, 5.41) is 12.8. The fourth-order valence-electron chi connectivity index (χ4n) is 9.67. The highest BCUT2D eigenvalue weighted by atomic mass is 19.3. The number of carbonyl (C=O) groups is 3. The number of oxazole rings is 1. The van der Waals surface area contributed by atoms with E-state index in [9.17, 15) is 28.0 Å². The Morgan fingerprint density at radius 1 is 1.02 bits per heavy atom. The van der Waals surface area contributed by atoms with Crippen molar-refractivity contribution >= 4 is 34.4 Å². The number of aryl methyl sites for hydroxylation is 3. The smallest absolute Gasteiger partial charge is 0.329 e. The number of hydrogen-bond donors (Lipinski definition) is 3. The van der Waals surface area contributed by atoms with Crippen molar-refractivity contribution in [2.24, 2.45) is 18.9 Å². The SMILES string of the molecule is Cn1c(=O)n(C2CCC(=O)NC2=O)c2cccc(CCCN3CCO[C@H](CNCC4CCC(n5cc(NC(=O)c6coc(-c7ccnc(CCC8CC8)c7)n6)c(C(F)F)n5)CC4)C3)c21. The molecule has 2 aliphatic heterocycles. The number of alkyl halides is 2. The lowest BCUT2D eigenvalue weighted by Crippen LogP contribution is -2.47. The van der Waals surface area contributed by atoms with Crippen molar-refractivity contribution in [3.63, 3.8) is 0 Å². The lowest BCUT2D eigenvalue weighted by atomic mass is 9.86. The quantitative estimate of drug-likeness (QED) is 0.0967. The minimum atomic E-state index is -2.87. The first-order chi connectivity index (χ1) is 31.1. The second-order valence-corrected chi connectivity index (χ2v) is 17.9. The number of hydrogen-bond acceptors (Lipinski definition) is 11. The molecular weight excluding hydrogens is 827 g/mol. The third-order valence-corrected chi connectivity index (χ3v) is 13.4.